The maximum atomic E-state index is 13.4. The fraction of sp³-hybridized carbons (Fsp3) is 0.750. The lowest BCUT2D eigenvalue weighted by atomic mass is 10.1. The van der Waals surface area contributed by atoms with E-state index in [1.54, 1.807) is 5.41 Å². The highest BCUT2D eigenvalue weighted by Crippen LogP contribution is 2.26. The Morgan fingerprint density at radius 2 is 2.27 bits per heavy atom. The van der Waals surface area contributed by atoms with Crippen LogP contribution in [-0.4, -0.2) is 19.2 Å². The van der Waals surface area contributed by atoms with Gasteiger partial charge in [-0.25, -0.2) is 4.39 Å². The minimum atomic E-state index is -1.60. The van der Waals surface area contributed by atoms with E-state index in [0.29, 0.717) is 12.0 Å². The molecule has 0 bridgehead atoms. The van der Waals surface area contributed by atoms with Gasteiger partial charge < -0.3 is 4.74 Å². The van der Waals surface area contributed by atoms with E-state index >= 15 is 0 Å². The molecule has 0 N–H and O–H groups in total. The van der Waals surface area contributed by atoms with Crippen molar-refractivity contribution in [3.8, 4) is 0 Å². The summed E-state index contributed by atoms with van der Waals surface area (Å²) in [6.45, 7) is 3.34. The van der Waals surface area contributed by atoms with E-state index in [4.69, 9.17) is 4.74 Å². The summed E-state index contributed by atoms with van der Waals surface area (Å²) < 4.78 is 18.1. The van der Waals surface area contributed by atoms with Crippen LogP contribution in [0.15, 0.2) is 11.0 Å². The third-order valence-electron chi connectivity index (χ3n) is 1.60. The van der Waals surface area contributed by atoms with Crippen LogP contribution in [0.1, 0.15) is 20.3 Å². The molecule has 0 aliphatic carbocycles. The molecular weight excluding hydrogens is 163 g/mol. The molecule has 0 aliphatic heterocycles. The topological polar surface area (TPSA) is 9.23 Å². The second kappa shape index (κ2) is 4.78. The summed E-state index contributed by atoms with van der Waals surface area (Å²) in [5.41, 5.74) is 0.688. The van der Waals surface area contributed by atoms with Gasteiger partial charge in [-0.2, -0.15) is 0 Å². The third-order valence-corrected chi connectivity index (χ3v) is 2.12. The quantitative estimate of drug-likeness (QED) is 0.654. The van der Waals surface area contributed by atoms with Crippen molar-refractivity contribution < 1.29 is 9.13 Å². The minimum Gasteiger partial charge on any atom is -0.346 e. The number of rotatable bonds is 4. The van der Waals surface area contributed by atoms with Gasteiger partial charge in [0, 0.05) is 7.11 Å². The average Bonchev–Trinajstić information content (AvgIpc) is 2.00. The Balaban J connectivity index is 4.36. The third kappa shape index (κ3) is 3.25. The normalized spacial score (nSPS) is 18.1. The van der Waals surface area contributed by atoms with Crippen LogP contribution in [0.4, 0.5) is 4.39 Å². The Labute approximate surface area is 72.0 Å². The Morgan fingerprint density at radius 1 is 1.73 bits per heavy atom. The average molecular weight is 178 g/mol. The lowest BCUT2D eigenvalue weighted by Crippen LogP contribution is -2.22. The van der Waals surface area contributed by atoms with Crippen molar-refractivity contribution in [1.82, 2.24) is 0 Å². The molecule has 0 spiro atoms. The van der Waals surface area contributed by atoms with Crippen LogP contribution in [0.5, 0.6) is 0 Å². The molecule has 1 atom stereocenters. The van der Waals surface area contributed by atoms with Crippen LogP contribution >= 0.6 is 11.8 Å². The minimum absolute atomic E-state index is 0.682. The zero-order valence-electron chi connectivity index (χ0n) is 7.48. The molecule has 11 heavy (non-hydrogen) atoms. The molecule has 0 aliphatic rings. The van der Waals surface area contributed by atoms with Crippen molar-refractivity contribution in [3.05, 3.63) is 11.0 Å². The van der Waals surface area contributed by atoms with Crippen molar-refractivity contribution in [2.75, 3.05) is 13.4 Å². The summed E-state index contributed by atoms with van der Waals surface area (Å²) in [5.74, 6) is -1.60. The summed E-state index contributed by atoms with van der Waals surface area (Å²) in [6.07, 6.45) is 2.59. The fourth-order valence-electron chi connectivity index (χ4n) is 0.778. The molecule has 0 aromatic rings. The van der Waals surface area contributed by atoms with Gasteiger partial charge in [-0.15, -0.1) is 11.8 Å². The molecule has 0 amide bonds. The Kier molecular flexibility index (Phi) is 4.77. The first-order chi connectivity index (χ1) is 5.08. The molecule has 3 heteroatoms. The van der Waals surface area contributed by atoms with E-state index in [1.807, 2.05) is 13.2 Å². The molecule has 0 aromatic carbocycles. The maximum absolute atomic E-state index is 13.4. The number of halogens is 1. The molecule has 0 rings (SSSR count). The van der Waals surface area contributed by atoms with E-state index in [-0.39, 0.29) is 0 Å². The number of thioether (sulfide) groups is 1. The molecule has 0 aromatic heterocycles. The van der Waals surface area contributed by atoms with E-state index in [0.717, 1.165) is 0 Å². The van der Waals surface area contributed by atoms with Gasteiger partial charge >= 0.3 is 0 Å². The predicted molar refractivity (Wildman–Crippen MR) is 48.4 cm³/mol. The number of hydrogen-bond acceptors (Lipinski definition) is 2. The standard InChI is InChI=1S/C8H15FOS/c1-5-7(6-11-4)8(2,9)10-3/h6H,5H2,1-4H3/b7-6-. The van der Waals surface area contributed by atoms with E-state index in [1.165, 1.54) is 25.8 Å². The predicted octanol–water partition coefficient (Wildman–Crippen LogP) is 2.98. The highest BCUT2D eigenvalue weighted by Gasteiger charge is 2.25. The molecule has 0 saturated carbocycles. The maximum Gasteiger partial charge on any atom is 0.229 e. The van der Waals surface area contributed by atoms with E-state index in [2.05, 4.69) is 0 Å². The summed E-state index contributed by atoms with van der Waals surface area (Å²) in [4.78, 5) is 0. The van der Waals surface area contributed by atoms with Crippen molar-refractivity contribution in [1.29, 1.82) is 0 Å². The summed E-state index contributed by atoms with van der Waals surface area (Å²) in [7, 11) is 1.38. The fourth-order valence-corrected chi connectivity index (χ4v) is 1.44. The molecule has 0 heterocycles. The van der Waals surface area contributed by atoms with Crippen molar-refractivity contribution in [2.24, 2.45) is 0 Å². The summed E-state index contributed by atoms with van der Waals surface area (Å²) in [6, 6.07) is 0. The molecule has 0 fully saturated rings. The molecule has 1 unspecified atom stereocenters. The first-order valence-corrected chi connectivity index (χ1v) is 4.83. The summed E-state index contributed by atoms with van der Waals surface area (Å²) >= 11 is 1.49. The smallest absolute Gasteiger partial charge is 0.229 e. The van der Waals surface area contributed by atoms with Crippen LogP contribution in [0.25, 0.3) is 0 Å². The van der Waals surface area contributed by atoms with E-state index < -0.39 is 5.85 Å². The van der Waals surface area contributed by atoms with Gasteiger partial charge in [-0.3, -0.25) is 0 Å². The largest absolute Gasteiger partial charge is 0.346 e. The molecule has 0 radical (unpaired) electrons. The number of alkyl halides is 1. The van der Waals surface area contributed by atoms with Gasteiger partial charge in [-0.05, 0) is 30.6 Å². The molecule has 66 valence electrons. The number of ether oxygens (including phenoxy) is 1. The summed E-state index contributed by atoms with van der Waals surface area (Å²) in [5, 5.41) is 1.80. The highest BCUT2D eigenvalue weighted by molar-refractivity contribution is 8.01. The van der Waals surface area contributed by atoms with Crippen molar-refractivity contribution >= 4 is 11.8 Å². The van der Waals surface area contributed by atoms with Crippen LogP contribution in [0.2, 0.25) is 0 Å². The lowest BCUT2D eigenvalue weighted by molar-refractivity contribution is -0.0743. The van der Waals surface area contributed by atoms with Crippen molar-refractivity contribution in [3.63, 3.8) is 0 Å². The molecule has 1 nitrogen and oxygen atoms in total. The van der Waals surface area contributed by atoms with E-state index in [9.17, 15) is 4.39 Å². The van der Waals surface area contributed by atoms with Gasteiger partial charge in [0.2, 0.25) is 5.85 Å². The second-order valence-electron chi connectivity index (χ2n) is 2.35. The van der Waals surface area contributed by atoms with Gasteiger partial charge in [0.1, 0.15) is 0 Å². The first kappa shape index (κ1) is 11.0. The van der Waals surface area contributed by atoms with Crippen LogP contribution in [0, 0.1) is 0 Å². The SMILES string of the molecule is CC/C(=C/SC)C(C)(F)OC. The Hall–Kier alpha value is -0.0200. The highest BCUT2D eigenvalue weighted by atomic mass is 32.2. The first-order valence-electron chi connectivity index (χ1n) is 3.54. The zero-order chi connectivity index (χ0) is 8.91. The van der Waals surface area contributed by atoms with Crippen LogP contribution in [-0.2, 0) is 4.74 Å². The van der Waals surface area contributed by atoms with Gasteiger partial charge in [-0.1, -0.05) is 6.92 Å². The number of methoxy groups -OCH3 is 1. The number of hydrogen-bond donors (Lipinski definition) is 0. The molecule has 0 saturated heterocycles. The van der Waals surface area contributed by atoms with Gasteiger partial charge in [0.25, 0.3) is 0 Å². The lowest BCUT2D eigenvalue weighted by Gasteiger charge is -2.20. The van der Waals surface area contributed by atoms with Crippen molar-refractivity contribution in [2.45, 2.75) is 26.1 Å². The van der Waals surface area contributed by atoms with Gasteiger partial charge in [0.05, 0.1) is 0 Å². The van der Waals surface area contributed by atoms with Crippen LogP contribution in [0.3, 0.4) is 0 Å². The molecular formula is C8H15FOS. The Bertz CT molecular complexity index is 143. The van der Waals surface area contributed by atoms with Gasteiger partial charge in [0.15, 0.2) is 0 Å². The Morgan fingerprint density at radius 3 is 2.55 bits per heavy atom. The second-order valence-corrected chi connectivity index (χ2v) is 3.06. The van der Waals surface area contributed by atoms with Crippen LogP contribution < -0.4 is 0 Å². The monoisotopic (exact) mass is 178 g/mol. The zero-order valence-corrected chi connectivity index (χ0v) is 8.30.